The van der Waals surface area contributed by atoms with Crippen LogP contribution in [-0.4, -0.2) is 46.6 Å². The predicted molar refractivity (Wildman–Crippen MR) is 68.6 cm³/mol. The van der Waals surface area contributed by atoms with E-state index in [1.54, 1.807) is 5.51 Å². The Hall–Kier alpha value is -1.89. The minimum atomic E-state index is -1.05. The van der Waals surface area contributed by atoms with Gasteiger partial charge >= 0.3 is 12.0 Å². The average Bonchev–Trinajstić information content (AvgIpc) is 2.81. The van der Waals surface area contributed by atoms with Gasteiger partial charge in [-0.1, -0.05) is 6.08 Å². The number of hydrogen-bond donors (Lipinski definition) is 2. The van der Waals surface area contributed by atoms with Crippen molar-refractivity contribution in [3.63, 3.8) is 0 Å². The van der Waals surface area contributed by atoms with Gasteiger partial charge < -0.3 is 15.3 Å². The van der Waals surface area contributed by atoms with Crippen LogP contribution in [0.2, 0.25) is 0 Å². The largest absolute Gasteiger partial charge is 0.480 e. The summed E-state index contributed by atoms with van der Waals surface area (Å²) in [5.74, 6) is -1.05. The van der Waals surface area contributed by atoms with Crippen molar-refractivity contribution in [2.75, 3.05) is 19.6 Å². The van der Waals surface area contributed by atoms with E-state index in [2.05, 4.69) is 16.9 Å². The van der Waals surface area contributed by atoms with Gasteiger partial charge in [0.25, 0.3) is 0 Å². The van der Waals surface area contributed by atoms with Crippen LogP contribution in [0.15, 0.2) is 23.5 Å². The highest BCUT2D eigenvalue weighted by Gasteiger charge is 2.14. The number of amides is 2. The van der Waals surface area contributed by atoms with Crippen LogP contribution >= 0.6 is 11.3 Å². The van der Waals surface area contributed by atoms with Crippen LogP contribution in [0.3, 0.4) is 0 Å². The van der Waals surface area contributed by atoms with E-state index in [9.17, 15) is 9.59 Å². The molecule has 0 fully saturated rings. The quantitative estimate of drug-likeness (QED) is 0.722. The minimum Gasteiger partial charge on any atom is -0.480 e. The van der Waals surface area contributed by atoms with Crippen LogP contribution in [0.1, 0.15) is 5.69 Å². The fourth-order valence-electron chi connectivity index (χ4n) is 1.31. The zero-order valence-electron chi connectivity index (χ0n) is 9.83. The normalized spacial score (nSPS) is 9.78. The summed E-state index contributed by atoms with van der Waals surface area (Å²) in [5, 5.41) is 13.2. The van der Waals surface area contributed by atoms with E-state index < -0.39 is 12.0 Å². The summed E-state index contributed by atoms with van der Waals surface area (Å²) in [6.45, 7) is 3.78. The van der Waals surface area contributed by atoms with Crippen molar-refractivity contribution in [2.24, 2.45) is 0 Å². The molecule has 0 bridgehead atoms. The predicted octanol–water partition coefficient (Wildman–Crippen LogP) is 0.968. The maximum atomic E-state index is 11.7. The number of hydrogen-bond acceptors (Lipinski definition) is 4. The second kappa shape index (κ2) is 7.44. The Bertz CT molecular complexity index is 406. The molecule has 0 radical (unpaired) electrons. The Balaban J connectivity index is 2.36. The van der Waals surface area contributed by atoms with Crippen molar-refractivity contribution in [1.82, 2.24) is 15.2 Å². The zero-order valence-corrected chi connectivity index (χ0v) is 10.7. The molecule has 0 aliphatic carbocycles. The van der Waals surface area contributed by atoms with Gasteiger partial charge in [-0.2, -0.15) is 0 Å². The molecule has 98 valence electrons. The molecule has 2 amide bonds. The van der Waals surface area contributed by atoms with Crippen molar-refractivity contribution >= 4 is 23.3 Å². The van der Waals surface area contributed by atoms with E-state index in [0.717, 1.165) is 5.69 Å². The SMILES string of the molecule is C=CCN(CC(=O)O)C(=O)NCCc1cscn1. The third kappa shape index (κ3) is 4.96. The molecule has 1 aromatic rings. The molecular weight excluding hydrogens is 254 g/mol. The lowest BCUT2D eigenvalue weighted by molar-refractivity contribution is -0.137. The van der Waals surface area contributed by atoms with Gasteiger partial charge in [-0.25, -0.2) is 9.78 Å². The minimum absolute atomic E-state index is 0.203. The lowest BCUT2D eigenvalue weighted by Crippen LogP contribution is -2.43. The standard InChI is InChI=1S/C11H15N3O3S/c1-2-5-14(6-10(15)16)11(17)12-4-3-9-7-18-8-13-9/h2,7-8H,1,3-6H2,(H,12,17)(H,15,16). The summed E-state index contributed by atoms with van der Waals surface area (Å²) >= 11 is 1.50. The van der Waals surface area contributed by atoms with E-state index >= 15 is 0 Å². The first-order valence-electron chi connectivity index (χ1n) is 5.36. The number of carboxylic acids is 1. The smallest absolute Gasteiger partial charge is 0.323 e. The van der Waals surface area contributed by atoms with E-state index in [-0.39, 0.29) is 13.1 Å². The van der Waals surface area contributed by atoms with Gasteiger partial charge in [-0.3, -0.25) is 4.79 Å². The van der Waals surface area contributed by atoms with Crippen LogP contribution in [0.4, 0.5) is 4.79 Å². The number of rotatable bonds is 7. The molecule has 1 aromatic heterocycles. The van der Waals surface area contributed by atoms with Crippen LogP contribution in [-0.2, 0) is 11.2 Å². The Morgan fingerprint density at radius 1 is 1.61 bits per heavy atom. The highest BCUT2D eigenvalue weighted by molar-refractivity contribution is 7.07. The van der Waals surface area contributed by atoms with E-state index in [0.29, 0.717) is 13.0 Å². The van der Waals surface area contributed by atoms with Crippen LogP contribution < -0.4 is 5.32 Å². The fraction of sp³-hybridized carbons (Fsp3) is 0.364. The maximum absolute atomic E-state index is 11.7. The number of carboxylic acid groups (broad SMARTS) is 1. The zero-order chi connectivity index (χ0) is 13.4. The molecule has 0 unspecified atom stereocenters. The number of thiazole rings is 1. The Morgan fingerprint density at radius 2 is 2.39 bits per heavy atom. The van der Waals surface area contributed by atoms with Gasteiger partial charge in [0.2, 0.25) is 0 Å². The Labute approximate surface area is 109 Å². The van der Waals surface area contributed by atoms with Gasteiger partial charge in [-0.05, 0) is 0 Å². The second-order valence-electron chi connectivity index (χ2n) is 3.52. The summed E-state index contributed by atoms with van der Waals surface area (Å²) in [7, 11) is 0. The fourth-order valence-corrected chi connectivity index (χ4v) is 1.90. The molecule has 0 aliphatic rings. The van der Waals surface area contributed by atoms with Crippen LogP contribution in [0.25, 0.3) is 0 Å². The van der Waals surface area contributed by atoms with Gasteiger partial charge in [0.05, 0.1) is 11.2 Å². The maximum Gasteiger partial charge on any atom is 0.323 e. The van der Waals surface area contributed by atoms with E-state index in [1.807, 2.05) is 5.38 Å². The highest BCUT2D eigenvalue weighted by Crippen LogP contribution is 2.00. The van der Waals surface area contributed by atoms with Gasteiger partial charge in [0, 0.05) is 24.9 Å². The van der Waals surface area contributed by atoms with Crippen LogP contribution in [0.5, 0.6) is 0 Å². The van der Waals surface area contributed by atoms with E-state index in [1.165, 1.54) is 22.3 Å². The average molecular weight is 269 g/mol. The lowest BCUT2D eigenvalue weighted by Gasteiger charge is -2.19. The molecule has 18 heavy (non-hydrogen) atoms. The summed E-state index contributed by atoms with van der Waals surface area (Å²) in [4.78, 5) is 27.5. The molecule has 0 saturated heterocycles. The number of nitrogens with zero attached hydrogens (tertiary/aromatic N) is 2. The molecule has 0 aromatic carbocycles. The molecule has 7 heteroatoms. The van der Waals surface area contributed by atoms with Crippen molar-refractivity contribution in [3.8, 4) is 0 Å². The summed E-state index contributed by atoms with van der Waals surface area (Å²) < 4.78 is 0. The number of aliphatic carboxylic acids is 1. The number of carbonyl (C=O) groups is 2. The molecule has 0 atom stereocenters. The molecule has 0 aliphatic heterocycles. The Kier molecular flexibility index (Phi) is 5.86. The summed E-state index contributed by atoms with van der Waals surface area (Å²) in [5.41, 5.74) is 2.64. The van der Waals surface area contributed by atoms with Gasteiger partial charge in [-0.15, -0.1) is 17.9 Å². The first kappa shape index (κ1) is 14.2. The first-order chi connectivity index (χ1) is 8.63. The molecule has 0 spiro atoms. The summed E-state index contributed by atoms with van der Waals surface area (Å²) in [6, 6.07) is -0.410. The molecule has 1 heterocycles. The van der Waals surface area contributed by atoms with Crippen molar-refractivity contribution in [1.29, 1.82) is 0 Å². The first-order valence-corrected chi connectivity index (χ1v) is 6.30. The van der Waals surface area contributed by atoms with Crippen LogP contribution in [0, 0.1) is 0 Å². The van der Waals surface area contributed by atoms with Crippen molar-refractivity contribution < 1.29 is 14.7 Å². The van der Waals surface area contributed by atoms with Gasteiger partial charge in [0.15, 0.2) is 0 Å². The molecule has 1 rings (SSSR count). The number of nitrogens with one attached hydrogen (secondary N) is 1. The molecule has 6 nitrogen and oxygen atoms in total. The number of urea groups is 1. The number of carbonyl (C=O) groups excluding carboxylic acids is 1. The van der Waals surface area contributed by atoms with Gasteiger partial charge in [0.1, 0.15) is 6.54 Å². The third-order valence-corrected chi connectivity index (χ3v) is 2.74. The van der Waals surface area contributed by atoms with E-state index in [4.69, 9.17) is 5.11 Å². The highest BCUT2D eigenvalue weighted by atomic mass is 32.1. The van der Waals surface area contributed by atoms with Crippen molar-refractivity contribution in [2.45, 2.75) is 6.42 Å². The number of aromatic nitrogens is 1. The third-order valence-electron chi connectivity index (χ3n) is 2.10. The molecular formula is C11H15N3O3S. The Morgan fingerprint density at radius 3 is 2.94 bits per heavy atom. The molecule has 0 saturated carbocycles. The topological polar surface area (TPSA) is 82.5 Å². The second-order valence-corrected chi connectivity index (χ2v) is 4.24. The lowest BCUT2D eigenvalue weighted by atomic mass is 10.3. The monoisotopic (exact) mass is 269 g/mol. The molecule has 2 N–H and O–H groups in total. The summed E-state index contributed by atoms with van der Waals surface area (Å²) in [6.07, 6.45) is 2.12. The van der Waals surface area contributed by atoms with Crippen molar-refractivity contribution in [3.05, 3.63) is 29.2 Å².